The summed E-state index contributed by atoms with van der Waals surface area (Å²) in [5.41, 5.74) is 3.66. The van der Waals surface area contributed by atoms with Crippen LogP contribution in [0.25, 0.3) is 20.8 Å². The van der Waals surface area contributed by atoms with Crippen molar-refractivity contribution in [3.05, 3.63) is 63.6 Å². The first-order valence-electron chi connectivity index (χ1n) is 9.15. The lowest BCUT2D eigenvalue weighted by molar-refractivity contribution is 0.0600. The van der Waals surface area contributed by atoms with Gasteiger partial charge in [-0.15, -0.1) is 22.7 Å². The number of ether oxygens (including phenoxy) is 1. The van der Waals surface area contributed by atoms with Gasteiger partial charge in [0.1, 0.15) is 9.88 Å². The average Bonchev–Trinajstić information content (AvgIpc) is 3.50. The van der Waals surface area contributed by atoms with Crippen molar-refractivity contribution < 1.29 is 14.3 Å². The predicted molar refractivity (Wildman–Crippen MR) is 114 cm³/mol. The zero-order valence-corrected chi connectivity index (χ0v) is 17.2. The van der Waals surface area contributed by atoms with Crippen LogP contribution < -0.4 is 0 Å². The summed E-state index contributed by atoms with van der Waals surface area (Å²) in [4.78, 5) is 36.4. The number of methoxy groups -OCH3 is 1. The third-order valence-corrected chi connectivity index (χ3v) is 7.16. The van der Waals surface area contributed by atoms with E-state index in [9.17, 15) is 9.59 Å². The molecule has 0 unspecified atom stereocenters. The van der Waals surface area contributed by atoms with E-state index in [1.165, 1.54) is 18.4 Å². The van der Waals surface area contributed by atoms with Gasteiger partial charge in [0.25, 0.3) is 5.91 Å². The van der Waals surface area contributed by atoms with Gasteiger partial charge >= 0.3 is 5.97 Å². The first-order chi connectivity index (χ1) is 14.1. The zero-order chi connectivity index (χ0) is 20.0. The summed E-state index contributed by atoms with van der Waals surface area (Å²) in [6.45, 7) is 1.15. The van der Waals surface area contributed by atoms with Gasteiger partial charge in [0.05, 0.1) is 23.7 Å². The van der Waals surface area contributed by atoms with Gasteiger partial charge in [-0.25, -0.2) is 9.78 Å². The normalized spacial score (nSPS) is 13.5. The van der Waals surface area contributed by atoms with Crippen LogP contribution in [0.2, 0.25) is 0 Å². The van der Waals surface area contributed by atoms with Gasteiger partial charge in [0.2, 0.25) is 0 Å². The number of amides is 1. The maximum absolute atomic E-state index is 13.1. The van der Waals surface area contributed by atoms with E-state index in [1.807, 2.05) is 34.5 Å². The number of fused-ring (bicyclic) bond motifs is 3. The number of hydrogen-bond acceptors (Lipinski definition) is 6. The van der Waals surface area contributed by atoms with Crippen molar-refractivity contribution in [2.45, 2.75) is 13.0 Å². The van der Waals surface area contributed by atoms with Crippen LogP contribution in [-0.4, -0.2) is 40.4 Å². The van der Waals surface area contributed by atoms with E-state index in [2.05, 4.69) is 9.97 Å². The summed E-state index contributed by atoms with van der Waals surface area (Å²) in [5, 5.41) is 3.84. The molecule has 1 aliphatic heterocycles. The fourth-order valence-electron chi connectivity index (χ4n) is 3.68. The van der Waals surface area contributed by atoms with Crippen molar-refractivity contribution in [1.82, 2.24) is 14.9 Å². The number of rotatable bonds is 3. The van der Waals surface area contributed by atoms with Crippen molar-refractivity contribution in [2.75, 3.05) is 13.7 Å². The van der Waals surface area contributed by atoms with Gasteiger partial charge in [-0.3, -0.25) is 4.79 Å². The number of thiazole rings is 1. The fourth-order valence-corrected chi connectivity index (χ4v) is 5.36. The van der Waals surface area contributed by atoms with Crippen LogP contribution in [0.15, 0.2) is 41.9 Å². The molecule has 29 heavy (non-hydrogen) atoms. The third kappa shape index (κ3) is 3.14. The smallest absolute Gasteiger partial charge is 0.337 e. The molecular weight excluding hydrogens is 406 g/mol. The van der Waals surface area contributed by atoms with E-state index < -0.39 is 0 Å². The molecule has 0 bridgehead atoms. The third-order valence-electron chi connectivity index (χ3n) is 5.13. The number of nitrogens with one attached hydrogen (secondary N) is 1. The fraction of sp³-hybridized carbons (Fsp3) is 0.190. The van der Waals surface area contributed by atoms with Crippen molar-refractivity contribution in [3.63, 3.8) is 0 Å². The minimum atomic E-state index is -0.364. The molecule has 1 N–H and O–H groups in total. The Kier molecular flexibility index (Phi) is 4.44. The lowest BCUT2D eigenvalue weighted by atomic mass is 10.0. The van der Waals surface area contributed by atoms with Gasteiger partial charge in [-0.1, -0.05) is 6.07 Å². The number of esters is 1. The maximum Gasteiger partial charge on any atom is 0.337 e. The van der Waals surface area contributed by atoms with Crippen LogP contribution in [0.5, 0.6) is 0 Å². The number of aromatic amines is 1. The molecule has 0 aliphatic carbocycles. The Bertz CT molecular complexity index is 1220. The minimum Gasteiger partial charge on any atom is -0.465 e. The Hall–Kier alpha value is -2.97. The quantitative estimate of drug-likeness (QED) is 0.498. The van der Waals surface area contributed by atoms with E-state index in [0.29, 0.717) is 23.5 Å². The van der Waals surface area contributed by atoms with Crippen LogP contribution in [0.3, 0.4) is 0 Å². The van der Waals surface area contributed by atoms with Gasteiger partial charge < -0.3 is 14.6 Å². The second-order valence-corrected chi connectivity index (χ2v) is 8.80. The van der Waals surface area contributed by atoms with E-state index >= 15 is 0 Å². The highest BCUT2D eigenvalue weighted by atomic mass is 32.1. The number of carbonyl (C=O) groups is 2. The lowest BCUT2D eigenvalue weighted by Gasteiger charge is -2.26. The summed E-state index contributed by atoms with van der Waals surface area (Å²) in [6, 6.07) is 9.47. The molecule has 3 aromatic heterocycles. The summed E-state index contributed by atoms with van der Waals surface area (Å²) in [6.07, 6.45) is 2.42. The molecule has 8 heteroatoms. The molecule has 0 atom stereocenters. The second-order valence-electron chi connectivity index (χ2n) is 6.82. The van der Waals surface area contributed by atoms with Crippen molar-refractivity contribution in [1.29, 1.82) is 0 Å². The molecule has 146 valence electrons. The summed E-state index contributed by atoms with van der Waals surface area (Å²) < 4.78 is 4.84. The minimum absolute atomic E-state index is 0.00516. The van der Waals surface area contributed by atoms with E-state index in [-0.39, 0.29) is 11.9 Å². The van der Waals surface area contributed by atoms with Crippen LogP contribution in [-0.2, 0) is 17.7 Å². The molecule has 4 aromatic rings. The monoisotopic (exact) mass is 423 g/mol. The van der Waals surface area contributed by atoms with Gasteiger partial charge in [-0.2, -0.15) is 0 Å². The largest absolute Gasteiger partial charge is 0.465 e. The van der Waals surface area contributed by atoms with Crippen LogP contribution >= 0.6 is 22.7 Å². The number of H-pyrrole nitrogens is 1. The Morgan fingerprint density at radius 3 is 2.97 bits per heavy atom. The highest BCUT2D eigenvalue weighted by molar-refractivity contribution is 7.21. The molecule has 6 nitrogen and oxygen atoms in total. The molecule has 0 radical (unpaired) electrons. The summed E-state index contributed by atoms with van der Waals surface area (Å²) in [7, 11) is 1.37. The second kappa shape index (κ2) is 7.13. The molecule has 1 aromatic carbocycles. The standard InChI is InChI=1S/C21H17N3O3S2/c1-27-21(26)12-4-5-15-13(9-12)14-11-24(7-6-16(14)23-15)20(25)18-10-22-19(29-18)17-3-2-8-28-17/h2-5,8-10,23H,6-7,11H2,1H3. The zero-order valence-electron chi connectivity index (χ0n) is 15.6. The molecule has 4 heterocycles. The van der Waals surface area contributed by atoms with E-state index in [0.717, 1.165) is 38.5 Å². The van der Waals surface area contributed by atoms with E-state index in [4.69, 9.17) is 4.74 Å². The summed E-state index contributed by atoms with van der Waals surface area (Å²) >= 11 is 3.04. The van der Waals surface area contributed by atoms with Gasteiger partial charge in [0.15, 0.2) is 0 Å². The Morgan fingerprint density at radius 1 is 1.28 bits per heavy atom. The Balaban J connectivity index is 1.44. The van der Waals surface area contributed by atoms with E-state index in [1.54, 1.807) is 23.6 Å². The molecule has 5 rings (SSSR count). The lowest BCUT2D eigenvalue weighted by Crippen LogP contribution is -2.35. The van der Waals surface area contributed by atoms with Crippen molar-refractivity contribution >= 4 is 45.5 Å². The Morgan fingerprint density at radius 2 is 2.17 bits per heavy atom. The molecule has 0 spiro atoms. The Labute approximate surface area is 174 Å². The number of hydrogen-bond donors (Lipinski definition) is 1. The van der Waals surface area contributed by atoms with Crippen molar-refractivity contribution in [2.24, 2.45) is 0 Å². The summed E-state index contributed by atoms with van der Waals surface area (Å²) in [5.74, 6) is -0.370. The molecule has 1 aliphatic rings. The number of carbonyl (C=O) groups excluding carboxylic acids is 2. The maximum atomic E-state index is 13.1. The highest BCUT2D eigenvalue weighted by Gasteiger charge is 2.26. The van der Waals surface area contributed by atoms with Crippen molar-refractivity contribution in [3.8, 4) is 9.88 Å². The number of aromatic nitrogens is 2. The first-order valence-corrected chi connectivity index (χ1v) is 10.8. The molecule has 0 fully saturated rings. The number of thiophene rings is 1. The van der Waals surface area contributed by atoms with Gasteiger partial charge in [0, 0.05) is 41.7 Å². The molecular formula is C21H17N3O3S2. The van der Waals surface area contributed by atoms with Gasteiger partial charge in [-0.05, 0) is 29.6 Å². The molecule has 1 amide bonds. The van der Waals surface area contributed by atoms with Crippen LogP contribution in [0.1, 0.15) is 31.3 Å². The highest BCUT2D eigenvalue weighted by Crippen LogP contribution is 2.32. The van der Waals surface area contributed by atoms with Crippen LogP contribution in [0.4, 0.5) is 0 Å². The predicted octanol–water partition coefficient (Wildman–Crippen LogP) is 4.34. The number of nitrogens with zero attached hydrogens (tertiary/aromatic N) is 2. The number of benzene rings is 1. The average molecular weight is 424 g/mol. The topological polar surface area (TPSA) is 75.3 Å². The SMILES string of the molecule is COC(=O)c1ccc2[nH]c3c(c2c1)CN(C(=O)c1cnc(-c2cccs2)s1)CC3. The van der Waals surface area contributed by atoms with Crippen LogP contribution in [0, 0.1) is 0 Å². The molecule has 0 saturated heterocycles. The first kappa shape index (κ1) is 18.1. The molecule has 0 saturated carbocycles.